The minimum Gasteiger partial charge on any atom is -0.508 e. The molecule has 2 aromatic rings. The summed E-state index contributed by atoms with van der Waals surface area (Å²) >= 11 is 0. The maximum Gasteiger partial charge on any atom is 0.326 e. The molecule has 0 aliphatic rings. The molecule has 0 fully saturated rings. The van der Waals surface area contributed by atoms with E-state index in [0.29, 0.717) is 88.7 Å². The van der Waals surface area contributed by atoms with Gasteiger partial charge in [0, 0.05) is 24.7 Å². The van der Waals surface area contributed by atoms with E-state index in [1.807, 2.05) is 0 Å². The smallest absolute Gasteiger partial charge is 0.326 e. The highest BCUT2D eigenvalue weighted by atomic mass is 16.4. The Morgan fingerprint density at radius 3 is 1.33 bits per heavy atom. The predicted octanol–water partition coefficient (Wildman–Crippen LogP) is -2.99. The van der Waals surface area contributed by atoms with Gasteiger partial charge in [0.05, 0.1) is 19.0 Å². The first kappa shape index (κ1) is 68.3. The summed E-state index contributed by atoms with van der Waals surface area (Å²) in [5.74, 6) is -8.98. The van der Waals surface area contributed by atoms with Crippen LogP contribution in [0.1, 0.15) is 116 Å². The highest BCUT2D eigenvalue weighted by Crippen LogP contribution is 2.15. The zero-order chi connectivity index (χ0) is 59.0. The van der Waals surface area contributed by atoms with E-state index in [4.69, 9.17) is 28.7 Å². The molecule has 1 aromatic carbocycles. The van der Waals surface area contributed by atoms with Crippen molar-refractivity contribution in [2.45, 2.75) is 172 Å². The third-order valence-corrected chi connectivity index (χ3v) is 13.0. The van der Waals surface area contributed by atoms with Gasteiger partial charge in [-0.2, -0.15) is 0 Å². The monoisotopic (exact) mass is 1120 g/mol. The number of aliphatic hydroxyl groups excluding tert-OH is 1. The van der Waals surface area contributed by atoms with Crippen LogP contribution in [0.2, 0.25) is 0 Å². The normalized spacial score (nSPS) is 14.7. The molecule has 444 valence electrons. The fourth-order valence-corrected chi connectivity index (χ4v) is 8.21. The van der Waals surface area contributed by atoms with Crippen LogP contribution in [-0.4, -0.2) is 166 Å². The molecule has 9 atom stereocenters. The van der Waals surface area contributed by atoms with Crippen molar-refractivity contribution in [3.63, 3.8) is 0 Å². The van der Waals surface area contributed by atoms with Gasteiger partial charge in [-0.25, -0.2) is 9.78 Å². The van der Waals surface area contributed by atoms with E-state index >= 15 is 0 Å². The van der Waals surface area contributed by atoms with E-state index in [-0.39, 0.29) is 44.4 Å². The third-order valence-electron chi connectivity index (χ3n) is 13.0. The average Bonchev–Trinajstić information content (AvgIpc) is 3.93. The number of aromatic nitrogens is 2. The van der Waals surface area contributed by atoms with E-state index in [1.54, 1.807) is 39.8 Å². The van der Waals surface area contributed by atoms with Crippen LogP contribution in [0.15, 0.2) is 36.8 Å². The number of carboxylic acid groups (broad SMARTS) is 1. The molecule has 22 N–H and O–H groups in total. The van der Waals surface area contributed by atoms with Gasteiger partial charge in [-0.1, -0.05) is 46.2 Å². The molecule has 1 aromatic heterocycles. The number of hydrogen-bond donors (Lipinski definition) is 17. The number of nitrogens with one attached hydrogen (secondary N) is 9. The second-order valence-corrected chi connectivity index (χ2v) is 20.2. The van der Waals surface area contributed by atoms with E-state index < -0.39 is 126 Å². The van der Waals surface area contributed by atoms with Gasteiger partial charge in [0.25, 0.3) is 0 Å². The zero-order valence-corrected chi connectivity index (χ0v) is 46.1. The minimum absolute atomic E-state index is 0.0238. The first-order valence-corrected chi connectivity index (χ1v) is 27.2. The number of phenols is 1. The number of carbonyl (C=O) groups excluding carboxylic acids is 8. The third kappa shape index (κ3) is 25.3. The van der Waals surface area contributed by atoms with Crippen LogP contribution in [0.5, 0.6) is 5.75 Å². The lowest BCUT2D eigenvalue weighted by atomic mass is 9.98. The van der Waals surface area contributed by atoms with Crippen molar-refractivity contribution >= 4 is 53.2 Å². The van der Waals surface area contributed by atoms with Crippen molar-refractivity contribution in [3.8, 4) is 5.75 Å². The van der Waals surface area contributed by atoms with E-state index in [2.05, 4.69) is 52.5 Å². The Bertz CT molecular complexity index is 2200. The zero-order valence-electron chi connectivity index (χ0n) is 46.1. The van der Waals surface area contributed by atoms with Crippen molar-refractivity contribution in [3.05, 3.63) is 48.0 Å². The summed E-state index contributed by atoms with van der Waals surface area (Å²) in [4.78, 5) is 130. The number of carbonyl (C=O) groups is 9. The Balaban J connectivity index is 2.36. The van der Waals surface area contributed by atoms with Crippen LogP contribution in [0.3, 0.4) is 0 Å². The Morgan fingerprint density at radius 1 is 0.494 bits per heavy atom. The number of nitrogens with two attached hydrogens (primary N) is 5. The van der Waals surface area contributed by atoms with Gasteiger partial charge in [0.15, 0.2) is 0 Å². The molecular weight excluding hydrogens is 1030 g/mol. The number of hydrogen-bond acceptors (Lipinski definition) is 17. The van der Waals surface area contributed by atoms with Gasteiger partial charge < -0.3 is 91.5 Å². The molecule has 0 saturated carbocycles. The number of aromatic hydroxyl groups is 1. The molecule has 2 rings (SSSR count). The lowest BCUT2D eigenvalue weighted by Gasteiger charge is -2.30. The average molecular weight is 1120 g/mol. The van der Waals surface area contributed by atoms with E-state index in [9.17, 15) is 58.5 Å². The van der Waals surface area contributed by atoms with Crippen molar-refractivity contribution in [2.24, 2.45) is 40.5 Å². The Hall–Kier alpha value is -6.78. The molecule has 0 saturated heterocycles. The summed E-state index contributed by atoms with van der Waals surface area (Å²) in [7, 11) is 0. The van der Waals surface area contributed by atoms with Gasteiger partial charge in [-0.15, -0.1) is 0 Å². The standard InChI is InChI=1S/C52H89N15O12/c1-30(2)42(50(76)61-37(15-7-11-23-55)45(71)62-38(52(78)79)16-8-12-24-56)67-51(77)43(31(3)4)66-49(75)41(28-68)65-48(74)40(26-33-27-58-29-59-33)64-46(72)36(14-6-10-22-54)60-47(73)39(25-32-17-19-34(69)20-18-32)63-44(70)35(57)13-5-9-21-53/h17-20,27,29-31,35-43,68-69H,5-16,21-26,28,53-57H2,1-4H3,(H,58,59)(H,60,73)(H,61,76)(H,62,71)(H,63,70)(H,64,72)(H,65,74)(H,66,75)(H,67,77)(H,78,79)/t35-,36-,37-,38-,39-,40-,41-,42-,43-/m0/s1. The SMILES string of the molecule is CC(C)[C@H](NC(=O)[C@H](CO)NC(=O)[C@H](Cc1cnc[nH]1)NC(=O)[C@H](CCCCN)NC(=O)[C@H](Cc1ccc(O)cc1)NC(=O)[C@@H](N)CCCCN)C(=O)N[C@H](C(=O)N[C@@H](CCCCN)C(=O)N[C@@H](CCCCN)C(=O)O)C(C)C. The summed E-state index contributed by atoms with van der Waals surface area (Å²) in [5, 5.41) is 51.0. The number of rotatable bonds is 40. The van der Waals surface area contributed by atoms with Crippen LogP contribution < -0.4 is 71.2 Å². The molecule has 0 aliphatic carbocycles. The number of carboxylic acids is 1. The van der Waals surface area contributed by atoms with Crippen LogP contribution in [0.4, 0.5) is 0 Å². The number of amides is 8. The van der Waals surface area contributed by atoms with E-state index in [0.717, 1.165) is 0 Å². The maximum absolute atomic E-state index is 14.3. The largest absolute Gasteiger partial charge is 0.508 e. The molecule has 27 heteroatoms. The fourth-order valence-electron chi connectivity index (χ4n) is 8.21. The van der Waals surface area contributed by atoms with Crippen LogP contribution in [-0.2, 0) is 56.0 Å². The summed E-state index contributed by atoms with van der Waals surface area (Å²) < 4.78 is 0. The quantitative estimate of drug-likeness (QED) is 0.0296. The lowest BCUT2D eigenvalue weighted by Crippen LogP contribution is -2.62. The van der Waals surface area contributed by atoms with Crippen molar-refractivity contribution in [1.82, 2.24) is 52.5 Å². The highest BCUT2D eigenvalue weighted by molar-refractivity contribution is 5.98. The number of aliphatic hydroxyl groups is 1. The molecule has 0 radical (unpaired) electrons. The van der Waals surface area contributed by atoms with E-state index in [1.165, 1.54) is 24.7 Å². The van der Waals surface area contributed by atoms with Gasteiger partial charge in [0.1, 0.15) is 54.1 Å². The minimum atomic E-state index is -1.70. The number of unbranched alkanes of at least 4 members (excludes halogenated alkanes) is 4. The molecule has 0 aliphatic heterocycles. The molecule has 0 bridgehead atoms. The van der Waals surface area contributed by atoms with Gasteiger partial charge in [-0.05, 0) is 126 Å². The number of H-pyrrole nitrogens is 1. The molecule has 8 amide bonds. The number of phenolic OH excluding ortho intramolecular Hbond substituents is 1. The van der Waals surface area contributed by atoms with Crippen molar-refractivity contribution < 1.29 is 58.5 Å². The summed E-state index contributed by atoms with van der Waals surface area (Å²) in [6.07, 6.45) is 6.91. The topological polar surface area (TPSA) is 469 Å². The number of aromatic amines is 1. The Labute approximate surface area is 462 Å². The molecule has 27 nitrogen and oxygen atoms in total. The van der Waals surface area contributed by atoms with Gasteiger partial charge in [-0.3, -0.25) is 38.4 Å². The maximum atomic E-state index is 14.3. The number of aliphatic carboxylic acids is 1. The lowest BCUT2D eigenvalue weighted by molar-refractivity contribution is -0.142. The van der Waals surface area contributed by atoms with Crippen LogP contribution in [0.25, 0.3) is 0 Å². The van der Waals surface area contributed by atoms with Crippen LogP contribution >= 0.6 is 0 Å². The number of nitrogens with zero attached hydrogens (tertiary/aromatic N) is 1. The first-order valence-electron chi connectivity index (χ1n) is 27.2. The molecule has 0 spiro atoms. The molecule has 1 heterocycles. The van der Waals surface area contributed by atoms with Crippen LogP contribution in [0, 0.1) is 11.8 Å². The summed E-state index contributed by atoms with van der Waals surface area (Å²) in [5.41, 5.74) is 29.7. The predicted molar refractivity (Wildman–Crippen MR) is 294 cm³/mol. The summed E-state index contributed by atoms with van der Waals surface area (Å²) in [6, 6.07) is -5.78. The molecular formula is C52H89N15O12. The number of imidazole rings is 1. The van der Waals surface area contributed by atoms with Gasteiger partial charge in [0.2, 0.25) is 47.3 Å². The fraction of sp³-hybridized carbons (Fsp3) is 0.654. The highest BCUT2D eigenvalue weighted by Gasteiger charge is 2.36. The first-order chi connectivity index (χ1) is 37.6. The Morgan fingerprint density at radius 2 is 0.873 bits per heavy atom. The second kappa shape index (κ2) is 37.2. The summed E-state index contributed by atoms with van der Waals surface area (Å²) in [6.45, 7) is 6.82. The van der Waals surface area contributed by atoms with Gasteiger partial charge >= 0.3 is 5.97 Å². The Kier molecular flexibility index (Phi) is 32.1. The van der Waals surface area contributed by atoms with Crippen molar-refractivity contribution in [1.29, 1.82) is 0 Å². The molecule has 0 unspecified atom stereocenters. The second-order valence-electron chi connectivity index (χ2n) is 20.2. The molecule has 79 heavy (non-hydrogen) atoms. The number of benzene rings is 1. The van der Waals surface area contributed by atoms with Crippen molar-refractivity contribution in [2.75, 3.05) is 32.8 Å².